The first-order valence-corrected chi connectivity index (χ1v) is 6.89. The normalized spacial score (nSPS) is 11.5. The third-order valence-corrected chi connectivity index (χ3v) is 2.93. The first-order valence-electron chi connectivity index (χ1n) is 6.89. The zero-order chi connectivity index (χ0) is 13.4. The van der Waals surface area contributed by atoms with Crippen LogP contribution in [0.2, 0.25) is 0 Å². The topological polar surface area (TPSA) is 29.5 Å². The summed E-state index contributed by atoms with van der Waals surface area (Å²) in [6, 6.07) is 6.90. The average Bonchev–Trinajstić information content (AvgIpc) is 2.29. The van der Waals surface area contributed by atoms with Gasteiger partial charge in [-0.15, -0.1) is 0 Å². The number of ether oxygens (including phenoxy) is 1. The molecule has 0 fully saturated rings. The molecule has 0 bridgehead atoms. The van der Waals surface area contributed by atoms with Gasteiger partial charge in [0.15, 0.2) is 0 Å². The van der Waals surface area contributed by atoms with E-state index in [0.29, 0.717) is 5.41 Å². The van der Waals surface area contributed by atoms with Crippen molar-refractivity contribution in [2.75, 3.05) is 6.61 Å². The molecule has 0 saturated heterocycles. The Labute approximate surface area is 111 Å². The fraction of sp³-hybridized carbons (Fsp3) is 0.625. The van der Waals surface area contributed by atoms with E-state index in [9.17, 15) is 0 Å². The Bertz CT molecular complexity index is 322. The minimum absolute atomic E-state index is 0.282. The van der Waals surface area contributed by atoms with Crippen LogP contribution in [0.25, 0.3) is 0 Å². The molecule has 0 aromatic heterocycles. The highest BCUT2D eigenvalue weighted by Gasteiger charge is 2.08. The third-order valence-electron chi connectivity index (χ3n) is 2.93. The summed E-state index contributed by atoms with van der Waals surface area (Å²) in [7, 11) is 0. The smallest absolute Gasteiger partial charge is 0.119 e. The molecule has 0 aliphatic carbocycles. The molecule has 1 aromatic rings. The van der Waals surface area contributed by atoms with E-state index >= 15 is 0 Å². The third kappa shape index (κ3) is 7.21. The monoisotopic (exact) mass is 250 g/mol. The average molecular weight is 250 g/mol. The van der Waals surface area contributed by atoms with Crippen LogP contribution in [0, 0.1) is 5.41 Å². The summed E-state index contributed by atoms with van der Waals surface area (Å²) < 4.78 is 5.60. The first-order chi connectivity index (χ1) is 8.47. The second kappa shape index (κ2) is 7.30. The Kier molecular flexibility index (Phi) is 6.03. The van der Waals surface area contributed by atoms with Crippen LogP contribution in [-0.4, -0.2) is 11.7 Å². The highest BCUT2D eigenvalue weighted by atomic mass is 16.5. The summed E-state index contributed by atoms with van der Waals surface area (Å²) in [5.74, 6) is 1.12. The quantitative estimate of drug-likeness (QED) is 0.706. The van der Waals surface area contributed by atoms with E-state index in [1.807, 2.05) is 0 Å². The van der Waals surface area contributed by atoms with Crippen molar-refractivity contribution < 1.29 is 9.84 Å². The minimum atomic E-state index is 0.282. The number of unbranched alkanes of at least 4 members (excludes halogenated alkanes) is 3. The van der Waals surface area contributed by atoms with Crippen LogP contribution < -0.4 is 4.74 Å². The van der Waals surface area contributed by atoms with Gasteiger partial charge < -0.3 is 9.84 Å². The lowest BCUT2D eigenvalue weighted by atomic mass is 9.89. The minimum Gasteiger partial charge on any atom is -0.508 e. The summed E-state index contributed by atoms with van der Waals surface area (Å²) >= 11 is 0. The number of aromatic hydroxyl groups is 1. The molecule has 0 unspecified atom stereocenters. The molecule has 0 radical (unpaired) electrons. The van der Waals surface area contributed by atoms with Gasteiger partial charge in [-0.3, -0.25) is 0 Å². The molecule has 0 atom stereocenters. The van der Waals surface area contributed by atoms with E-state index < -0.39 is 0 Å². The van der Waals surface area contributed by atoms with Gasteiger partial charge in [-0.05, 0) is 42.5 Å². The van der Waals surface area contributed by atoms with E-state index in [0.717, 1.165) is 18.8 Å². The molecule has 0 aliphatic heterocycles. The van der Waals surface area contributed by atoms with Crippen LogP contribution in [-0.2, 0) is 0 Å². The van der Waals surface area contributed by atoms with E-state index in [1.54, 1.807) is 24.3 Å². The van der Waals surface area contributed by atoms with Crippen molar-refractivity contribution in [2.45, 2.75) is 52.9 Å². The summed E-state index contributed by atoms with van der Waals surface area (Å²) in [5, 5.41) is 9.14. The lowest BCUT2D eigenvalue weighted by molar-refractivity contribution is 0.299. The van der Waals surface area contributed by atoms with E-state index in [1.165, 1.54) is 25.7 Å². The number of hydrogen-bond acceptors (Lipinski definition) is 2. The van der Waals surface area contributed by atoms with Gasteiger partial charge >= 0.3 is 0 Å². The number of rotatable bonds is 7. The zero-order valence-corrected chi connectivity index (χ0v) is 11.9. The molecule has 2 heteroatoms. The SMILES string of the molecule is CC(C)(C)CCCCCCOc1ccc(O)cc1. The Morgan fingerprint density at radius 3 is 2.17 bits per heavy atom. The van der Waals surface area contributed by atoms with Gasteiger partial charge in [-0.2, -0.15) is 0 Å². The van der Waals surface area contributed by atoms with Crippen molar-refractivity contribution in [2.24, 2.45) is 5.41 Å². The number of benzene rings is 1. The number of phenolic OH excluding ortho intramolecular Hbond substituents is 1. The molecule has 1 N–H and O–H groups in total. The van der Waals surface area contributed by atoms with E-state index in [-0.39, 0.29) is 5.75 Å². The number of hydrogen-bond donors (Lipinski definition) is 1. The van der Waals surface area contributed by atoms with Gasteiger partial charge in [0.2, 0.25) is 0 Å². The molecule has 1 aromatic carbocycles. The maximum atomic E-state index is 9.14. The van der Waals surface area contributed by atoms with Crippen molar-refractivity contribution in [3.8, 4) is 11.5 Å². The van der Waals surface area contributed by atoms with Gasteiger partial charge in [-0.25, -0.2) is 0 Å². The maximum Gasteiger partial charge on any atom is 0.119 e. The second-order valence-corrected chi connectivity index (χ2v) is 6.07. The molecular formula is C16H26O2. The van der Waals surface area contributed by atoms with Gasteiger partial charge in [0, 0.05) is 0 Å². The Morgan fingerprint density at radius 2 is 1.56 bits per heavy atom. The molecule has 1 rings (SSSR count). The Hall–Kier alpha value is -1.18. The van der Waals surface area contributed by atoms with E-state index in [2.05, 4.69) is 20.8 Å². The van der Waals surface area contributed by atoms with Gasteiger partial charge in [0.1, 0.15) is 11.5 Å². The van der Waals surface area contributed by atoms with Crippen LogP contribution in [0.1, 0.15) is 52.9 Å². The lowest BCUT2D eigenvalue weighted by Gasteiger charge is -2.17. The Morgan fingerprint density at radius 1 is 0.944 bits per heavy atom. The van der Waals surface area contributed by atoms with Crippen molar-refractivity contribution >= 4 is 0 Å². The predicted molar refractivity (Wildman–Crippen MR) is 76.1 cm³/mol. The highest BCUT2D eigenvalue weighted by Crippen LogP contribution is 2.22. The van der Waals surface area contributed by atoms with Gasteiger partial charge in [0.05, 0.1) is 6.61 Å². The number of phenols is 1. The largest absolute Gasteiger partial charge is 0.508 e. The van der Waals surface area contributed by atoms with Crippen molar-refractivity contribution in [1.82, 2.24) is 0 Å². The molecule has 0 aliphatic rings. The predicted octanol–water partition coefficient (Wildman–Crippen LogP) is 4.77. The van der Waals surface area contributed by atoms with Crippen molar-refractivity contribution in [1.29, 1.82) is 0 Å². The fourth-order valence-electron chi connectivity index (χ4n) is 1.84. The molecular weight excluding hydrogens is 224 g/mol. The lowest BCUT2D eigenvalue weighted by Crippen LogP contribution is -2.04. The molecule has 0 saturated carbocycles. The zero-order valence-electron chi connectivity index (χ0n) is 11.9. The Balaban J connectivity index is 2.00. The summed E-state index contributed by atoms with van der Waals surface area (Å²) in [6.45, 7) is 7.64. The van der Waals surface area contributed by atoms with Crippen LogP contribution in [0.15, 0.2) is 24.3 Å². The highest BCUT2D eigenvalue weighted by molar-refractivity contribution is 5.29. The van der Waals surface area contributed by atoms with Crippen LogP contribution in [0.3, 0.4) is 0 Å². The first kappa shape index (κ1) is 14.9. The molecule has 0 amide bonds. The molecule has 18 heavy (non-hydrogen) atoms. The fourth-order valence-corrected chi connectivity index (χ4v) is 1.84. The summed E-state index contributed by atoms with van der Waals surface area (Å²) in [4.78, 5) is 0. The van der Waals surface area contributed by atoms with Gasteiger partial charge in [-0.1, -0.05) is 40.0 Å². The molecule has 2 nitrogen and oxygen atoms in total. The van der Waals surface area contributed by atoms with Crippen molar-refractivity contribution in [3.63, 3.8) is 0 Å². The molecule has 102 valence electrons. The van der Waals surface area contributed by atoms with Crippen LogP contribution in [0.5, 0.6) is 11.5 Å². The van der Waals surface area contributed by atoms with E-state index in [4.69, 9.17) is 9.84 Å². The summed E-state index contributed by atoms with van der Waals surface area (Å²) in [6.07, 6.45) is 6.23. The van der Waals surface area contributed by atoms with Crippen LogP contribution in [0.4, 0.5) is 0 Å². The molecule has 0 heterocycles. The van der Waals surface area contributed by atoms with Crippen molar-refractivity contribution in [3.05, 3.63) is 24.3 Å². The maximum absolute atomic E-state index is 9.14. The second-order valence-electron chi connectivity index (χ2n) is 6.07. The van der Waals surface area contributed by atoms with Crippen LogP contribution >= 0.6 is 0 Å². The molecule has 0 spiro atoms. The van der Waals surface area contributed by atoms with Gasteiger partial charge in [0.25, 0.3) is 0 Å². The summed E-state index contributed by atoms with van der Waals surface area (Å²) in [5.41, 5.74) is 0.461. The standard InChI is InChI=1S/C16H26O2/c1-16(2,3)12-6-4-5-7-13-18-15-10-8-14(17)9-11-15/h8-11,17H,4-7,12-13H2,1-3H3.